The van der Waals surface area contributed by atoms with E-state index in [1.54, 1.807) is 12.1 Å². The molecule has 108 valence electrons. The molecule has 1 saturated carbocycles. The molecule has 0 bridgehead atoms. The Morgan fingerprint density at radius 2 is 1.85 bits per heavy atom. The van der Waals surface area contributed by atoms with Crippen molar-refractivity contribution in [2.24, 2.45) is 11.7 Å². The number of hydrogen-bond acceptors (Lipinski definition) is 2. The predicted octanol–water partition coefficient (Wildman–Crippen LogP) is 2.54. The maximum atomic E-state index is 12.0. The van der Waals surface area contributed by atoms with Crippen molar-refractivity contribution in [3.63, 3.8) is 0 Å². The molecule has 2 rings (SSSR count). The van der Waals surface area contributed by atoms with Crippen molar-refractivity contribution < 1.29 is 9.59 Å². The zero-order valence-corrected chi connectivity index (χ0v) is 11.9. The largest absolute Gasteiger partial charge is 0.366 e. The Morgan fingerprint density at radius 1 is 1.25 bits per heavy atom. The van der Waals surface area contributed by atoms with E-state index in [0.717, 1.165) is 5.56 Å². The fourth-order valence-electron chi connectivity index (χ4n) is 2.80. The lowest BCUT2D eigenvalue weighted by Crippen LogP contribution is -2.28. The van der Waals surface area contributed by atoms with E-state index < -0.39 is 5.91 Å². The maximum absolute atomic E-state index is 12.0. The highest BCUT2D eigenvalue weighted by atomic mass is 16.2. The van der Waals surface area contributed by atoms with E-state index in [4.69, 9.17) is 5.73 Å². The highest BCUT2D eigenvalue weighted by Gasteiger charge is 2.19. The van der Waals surface area contributed by atoms with Crippen molar-refractivity contribution in [2.75, 3.05) is 0 Å². The highest BCUT2D eigenvalue weighted by molar-refractivity contribution is 5.92. The molecule has 1 fully saturated rings. The zero-order chi connectivity index (χ0) is 14.5. The molecular weight excluding hydrogens is 252 g/mol. The lowest BCUT2D eigenvalue weighted by atomic mass is 10.0. The van der Waals surface area contributed by atoms with Crippen molar-refractivity contribution in [1.29, 1.82) is 0 Å². The number of carbonyl (C=O) groups is 2. The standard InChI is InChI=1S/C16H22N2O2/c1-11(13-6-8-14(9-7-13)16(17)20)18-15(19)10-12-4-2-3-5-12/h6-9,11-12H,2-5,10H2,1H3,(H2,17,20)(H,18,19). The topological polar surface area (TPSA) is 72.2 Å². The van der Waals surface area contributed by atoms with Crippen LogP contribution in [-0.4, -0.2) is 11.8 Å². The van der Waals surface area contributed by atoms with Crippen molar-refractivity contribution in [1.82, 2.24) is 5.32 Å². The van der Waals surface area contributed by atoms with Crippen LogP contribution in [0.3, 0.4) is 0 Å². The number of hydrogen-bond donors (Lipinski definition) is 2. The Bertz CT molecular complexity index is 476. The summed E-state index contributed by atoms with van der Waals surface area (Å²) in [7, 11) is 0. The Hall–Kier alpha value is -1.84. The van der Waals surface area contributed by atoms with Gasteiger partial charge in [-0.2, -0.15) is 0 Å². The average molecular weight is 274 g/mol. The van der Waals surface area contributed by atoms with Gasteiger partial charge in [0.1, 0.15) is 0 Å². The molecule has 0 aliphatic heterocycles. The van der Waals surface area contributed by atoms with Crippen LogP contribution < -0.4 is 11.1 Å². The van der Waals surface area contributed by atoms with Crippen molar-refractivity contribution in [3.05, 3.63) is 35.4 Å². The van der Waals surface area contributed by atoms with E-state index >= 15 is 0 Å². The van der Waals surface area contributed by atoms with Gasteiger partial charge in [-0.15, -0.1) is 0 Å². The van der Waals surface area contributed by atoms with E-state index in [9.17, 15) is 9.59 Å². The second-order valence-corrected chi connectivity index (χ2v) is 5.63. The maximum Gasteiger partial charge on any atom is 0.248 e. The molecule has 1 aliphatic rings. The third-order valence-electron chi connectivity index (χ3n) is 4.02. The van der Waals surface area contributed by atoms with Gasteiger partial charge < -0.3 is 11.1 Å². The first-order valence-corrected chi connectivity index (χ1v) is 7.25. The van der Waals surface area contributed by atoms with Crippen LogP contribution in [-0.2, 0) is 4.79 Å². The molecule has 1 atom stereocenters. The van der Waals surface area contributed by atoms with Gasteiger partial charge in [0.05, 0.1) is 6.04 Å². The lowest BCUT2D eigenvalue weighted by molar-refractivity contribution is -0.122. The van der Waals surface area contributed by atoms with E-state index in [-0.39, 0.29) is 11.9 Å². The predicted molar refractivity (Wildman–Crippen MR) is 78.1 cm³/mol. The minimum atomic E-state index is -0.436. The fraction of sp³-hybridized carbons (Fsp3) is 0.500. The molecule has 3 N–H and O–H groups in total. The molecule has 0 spiro atoms. The second-order valence-electron chi connectivity index (χ2n) is 5.63. The molecule has 0 aromatic heterocycles. The van der Waals surface area contributed by atoms with Crippen LogP contribution in [0.2, 0.25) is 0 Å². The summed E-state index contributed by atoms with van der Waals surface area (Å²) in [5, 5.41) is 3.02. The van der Waals surface area contributed by atoms with Crippen molar-refractivity contribution in [3.8, 4) is 0 Å². The van der Waals surface area contributed by atoms with Crippen molar-refractivity contribution in [2.45, 2.75) is 45.1 Å². The SMILES string of the molecule is CC(NC(=O)CC1CCCC1)c1ccc(C(N)=O)cc1. The van der Waals surface area contributed by atoms with Gasteiger partial charge in [-0.05, 0) is 43.4 Å². The Morgan fingerprint density at radius 3 is 2.40 bits per heavy atom. The summed E-state index contributed by atoms with van der Waals surface area (Å²) in [5.41, 5.74) is 6.67. The van der Waals surface area contributed by atoms with Gasteiger partial charge in [0.15, 0.2) is 0 Å². The summed E-state index contributed by atoms with van der Waals surface area (Å²) in [5.74, 6) is 0.234. The summed E-state index contributed by atoms with van der Waals surface area (Å²) in [6, 6.07) is 7.00. The van der Waals surface area contributed by atoms with E-state index in [2.05, 4.69) is 5.32 Å². The monoisotopic (exact) mass is 274 g/mol. The van der Waals surface area contributed by atoms with Crippen LogP contribution in [0.1, 0.15) is 61.0 Å². The first kappa shape index (κ1) is 14.6. The Kier molecular flexibility index (Phi) is 4.77. The summed E-state index contributed by atoms with van der Waals surface area (Å²) in [6.45, 7) is 1.95. The molecule has 1 unspecified atom stereocenters. The van der Waals surface area contributed by atoms with Crippen LogP contribution in [0.5, 0.6) is 0 Å². The lowest BCUT2D eigenvalue weighted by Gasteiger charge is -2.16. The first-order chi connectivity index (χ1) is 9.56. The minimum Gasteiger partial charge on any atom is -0.366 e. The number of benzene rings is 1. The van der Waals surface area contributed by atoms with Gasteiger partial charge in [0.2, 0.25) is 11.8 Å². The number of nitrogens with two attached hydrogens (primary N) is 1. The third-order valence-corrected chi connectivity index (χ3v) is 4.02. The Balaban J connectivity index is 1.88. The van der Waals surface area contributed by atoms with Crippen molar-refractivity contribution >= 4 is 11.8 Å². The smallest absolute Gasteiger partial charge is 0.248 e. The summed E-state index contributed by atoms with van der Waals surface area (Å²) in [6.07, 6.45) is 5.48. The fourth-order valence-corrected chi connectivity index (χ4v) is 2.80. The summed E-state index contributed by atoms with van der Waals surface area (Å²) >= 11 is 0. The zero-order valence-electron chi connectivity index (χ0n) is 11.9. The van der Waals surface area contributed by atoms with E-state index in [0.29, 0.717) is 17.9 Å². The molecule has 20 heavy (non-hydrogen) atoms. The van der Waals surface area contributed by atoms with Crippen LogP contribution in [0.25, 0.3) is 0 Å². The molecule has 0 radical (unpaired) electrons. The molecule has 0 saturated heterocycles. The number of primary amides is 1. The van der Waals surface area contributed by atoms with Gasteiger partial charge in [-0.25, -0.2) is 0 Å². The quantitative estimate of drug-likeness (QED) is 0.866. The Labute approximate surface area is 119 Å². The van der Waals surface area contributed by atoms with E-state index in [1.807, 2.05) is 19.1 Å². The van der Waals surface area contributed by atoms with Gasteiger partial charge in [0, 0.05) is 12.0 Å². The number of rotatable bonds is 5. The van der Waals surface area contributed by atoms with Gasteiger partial charge in [-0.3, -0.25) is 9.59 Å². The van der Waals surface area contributed by atoms with Crippen LogP contribution in [0.15, 0.2) is 24.3 Å². The molecule has 2 amide bonds. The molecule has 1 aliphatic carbocycles. The second kappa shape index (κ2) is 6.55. The average Bonchev–Trinajstić information content (AvgIpc) is 2.91. The molecule has 4 nitrogen and oxygen atoms in total. The normalized spacial score (nSPS) is 16.9. The van der Waals surface area contributed by atoms with Gasteiger partial charge in [0.25, 0.3) is 0 Å². The summed E-state index contributed by atoms with van der Waals surface area (Å²) in [4.78, 5) is 23.0. The van der Waals surface area contributed by atoms with E-state index in [1.165, 1.54) is 25.7 Å². The molecule has 1 aromatic rings. The van der Waals surface area contributed by atoms with Crippen LogP contribution >= 0.6 is 0 Å². The number of nitrogens with one attached hydrogen (secondary N) is 1. The molecule has 0 heterocycles. The van der Waals surface area contributed by atoms with Gasteiger partial charge in [-0.1, -0.05) is 25.0 Å². The minimum absolute atomic E-state index is 0.0502. The molecule has 4 heteroatoms. The van der Waals surface area contributed by atoms with Crippen LogP contribution in [0, 0.1) is 5.92 Å². The number of amides is 2. The summed E-state index contributed by atoms with van der Waals surface area (Å²) < 4.78 is 0. The number of carbonyl (C=O) groups excluding carboxylic acids is 2. The first-order valence-electron chi connectivity index (χ1n) is 7.25. The van der Waals surface area contributed by atoms with Crippen LogP contribution in [0.4, 0.5) is 0 Å². The third kappa shape index (κ3) is 3.83. The highest BCUT2D eigenvalue weighted by Crippen LogP contribution is 2.27. The molecule has 1 aromatic carbocycles. The van der Waals surface area contributed by atoms with Gasteiger partial charge >= 0.3 is 0 Å². The molecular formula is C16H22N2O2.